The third-order valence-corrected chi connectivity index (χ3v) is 6.74. The van der Waals surface area contributed by atoms with Crippen molar-refractivity contribution in [1.29, 1.82) is 0 Å². The molecule has 0 amide bonds. The van der Waals surface area contributed by atoms with Gasteiger partial charge in [-0.15, -0.1) is 0 Å². The van der Waals surface area contributed by atoms with Crippen LogP contribution in [0.25, 0.3) is 0 Å². The minimum absolute atomic E-state index is 0.204. The first-order valence-corrected chi connectivity index (χ1v) is 9.90. The summed E-state index contributed by atoms with van der Waals surface area (Å²) in [5.74, 6) is 2.81. The highest BCUT2D eigenvalue weighted by Crippen LogP contribution is 2.43. The molecule has 2 heteroatoms. The van der Waals surface area contributed by atoms with Crippen LogP contribution in [0.5, 0.6) is 0 Å². The van der Waals surface area contributed by atoms with Gasteiger partial charge in [0.05, 0.1) is 0 Å². The summed E-state index contributed by atoms with van der Waals surface area (Å²) >= 11 is 0. The largest absolute Gasteiger partial charge is 0.299 e. The van der Waals surface area contributed by atoms with Crippen molar-refractivity contribution in [2.24, 2.45) is 23.7 Å². The van der Waals surface area contributed by atoms with E-state index in [9.17, 15) is 9.59 Å². The van der Waals surface area contributed by atoms with Crippen LogP contribution in [0.4, 0.5) is 0 Å². The van der Waals surface area contributed by atoms with Gasteiger partial charge < -0.3 is 0 Å². The van der Waals surface area contributed by atoms with E-state index in [2.05, 4.69) is 6.58 Å². The highest BCUT2D eigenvalue weighted by Gasteiger charge is 2.34. The molecular weight excluding hydrogens is 284 g/mol. The van der Waals surface area contributed by atoms with Gasteiger partial charge in [0.25, 0.3) is 0 Å². The number of Topliss-reactive ketones (excluding diaryl/α,β-unsaturated/α-hetero) is 2. The van der Waals surface area contributed by atoms with Crippen molar-refractivity contribution in [3.8, 4) is 0 Å². The summed E-state index contributed by atoms with van der Waals surface area (Å²) in [6.07, 6.45) is 14.5. The third-order valence-electron chi connectivity index (χ3n) is 6.74. The van der Waals surface area contributed by atoms with Gasteiger partial charge in [-0.25, -0.2) is 0 Å². The van der Waals surface area contributed by atoms with Gasteiger partial charge in [-0.05, 0) is 55.9 Å². The summed E-state index contributed by atoms with van der Waals surface area (Å²) in [4.78, 5) is 24.9. The SMILES string of the molecule is C=C(CCC(=O)C1CCC2CCCCC2C1)C(=O)C1CCCC1. The van der Waals surface area contributed by atoms with Crippen LogP contribution in [-0.4, -0.2) is 11.6 Å². The Morgan fingerprint density at radius 1 is 0.739 bits per heavy atom. The normalized spacial score (nSPS) is 31.6. The van der Waals surface area contributed by atoms with Crippen molar-refractivity contribution in [3.63, 3.8) is 0 Å². The van der Waals surface area contributed by atoms with E-state index in [4.69, 9.17) is 0 Å². The average molecular weight is 316 g/mol. The molecule has 3 unspecified atom stereocenters. The summed E-state index contributed by atoms with van der Waals surface area (Å²) in [6, 6.07) is 0. The van der Waals surface area contributed by atoms with Crippen molar-refractivity contribution < 1.29 is 9.59 Å². The number of ketones is 2. The Kier molecular flexibility index (Phi) is 5.71. The Balaban J connectivity index is 1.43. The van der Waals surface area contributed by atoms with Crippen LogP contribution in [0, 0.1) is 23.7 Å². The second kappa shape index (κ2) is 7.77. The highest BCUT2D eigenvalue weighted by molar-refractivity contribution is 5.97. The summed E-state index contributed by atoms with van der Waals surface area (Å²) < 4.78 is 0. The fraction of sp³-hybridized carbons (Fsp3) is 0.810. The van der Waals surface area contributed by atoms with E-state index in [0.29, 0.717) is 24.2 Å². The number of carbonyl (C=O) groups excluding carboxylic acids is 2. The van der Waals surface area contributed by atoms with Gasteiger partial charge in [0.1, 0.15) is 5.78 Å². The van der Waals surface area contributed by atoms with Crippen molar-refractivity contribution in [2.45, 2.75) is 83.5 Å². The molecule has 3 atom stereocenters. The van der Waals surface area contributed by atoms with Gasteiger partial charge in [-0.1, -0.05) is 45.1 Å². The molecule has 0 spiro atoms. The van der Waals surface area contributed by atoms with Crippen molar-refractivity contribution in [3.05, 3.63) is 12.2 Å². The van der Waals surface area contributed by atoms with E-state index in [0.717, 1.165) is 37.5 Å². The van der Waals surface area contributed by atoms with Gasteiger partial charge in [-0.2, -0.15) is 0 Å². The molecule has 3 saturated carbocycles. The molecule has 128 valence electrons. The van der Waals surface area contributed by atoms with Gasteiger partial charge in [0, 0.05) is 18.3 Å². The molecule has 0 aliphatic heterocycles. The lowest BCUT2D eigenvalue weighted by atomic mass is 9.66. The number of hydrogen-bond acceptors (Lipinski definition) is 2. The molecule has 0 N–H and O–H groups in total. The lowest BCUT2D eigenvalue weighted by Crippen LogP contribution is -2.31. The fourth-order valence-electron chi connectivity index (χ4n) is 5.24. The standard InChI is InChI=1S/C21H32O2/c1-15(21(23)17-7-3-4-8-17)10-13-20(22)19-12-11-16-6-2-5-9-18(16)14-19/h16-19H,1-14H2. The van der Waals surface area contributed by atoms with Crippen LogP contribution in [0.2, 0.25) is 0 Å². The van der Waals surface area contributed by atoms with Gasteiger partial charge in [-0.3, -0.25) is 9.59 Å². The van der Waals surface area contributed by atoms with E-state index < -0.39 is 0 Å². The highest BCUT2D eigenvalue weighted by atomic mass is 16.1. The lowest BCUT2D eigenvalue weighted by Gasteiger charge is -2.38. The van der Waals surface area contributed by atoms with Gasteiger partial charge >= 0.3 is 0 Å². The molecule has 0 aromatic carbocycles. The predicted molar refractivity (Wildman–Crippen MR) is 93.1 cm³/mol. The van der Waals surface area contributed by atoms with Crippen LogP contribution in [0.1, 0.15) is 83.5 Å². The molecule has 3 aliphatic carbocycles. The van der Waals surface area contributed by atoms with Gasteiger partial charge in [0.15, 0.2) is 5.78 Å². The number of allylic oxidation sites excluding steroid dienone is 1. The fourth-order valence-corrected chi connectivity index (χ4v) is 5.24. The first-order chi connectivity index (χ1) is 11.1. The van der Waals surface area contributed by atoms with E-state index in [1.807, 2.05) is 0 Å². The zero-order valence-electron chi connectivity index (χ0n) is 14.5. The van der Waals surface area contributed by atoms with Crippen LogP contribution in [0.15, 0.2) is 12.2 Å². The summed E-state index contributed by atoms with van der Waals surface area (Å²) in [6.45, 7) is 3.98. The van der Waals surface area contributed by atoms with Crippen molar-refractivity contribution in [2.75, 3.05) is 0 Å². The first kappa shape index (κ1) is 16.9. The molecule has 3 aliphatic rings. The average Bonchev–Trinajstić information content (AvgIpc) is 3.12. The first-order valence-electron chi connectivity index (χ1n) is 9.90. The molecule has 0 heterocycles. The molecule has 23 heavy (non-hydrogen) atoms. The topological polar surface area (TPSA) is 34.1 Å². The summed E-state index contributed by atoms with van der Waals surface area (Å²) in [5.41, 5.74) is 0.705. The van der Waals surface area contributed by atoms with Crippen LogP contribution >= 0.6 is 0 Å². The van der Waals surface area contributed by atoms with Crippen LogP contribution in [0.3, 0.4) is 0 Å². The predicted octanol–water partition coefficient (Wildman–Crippen LogP) is 5.26. The number of fused-ring (bicyclic) bond motifs is 1. The maximum absolute atomic E-state index is 12.6. The molecule has 0 aromatic heterocycles. The van der Waals surface area contributed by atoms with Crippen molar-refractivity contribution >= 4 is 11.6 Å². The molecule has 0 saturated heterocycles. The maximum atomic E-state index is 12.6. The van der Waals surface area contributed by atoms with Crippen molar-refractivity contribution in [1.82, 2.24) is 0 Å². The molecular formula is C21H32O2. The Morgan fingerprint density at radius 2 is 1.39 bits per heavy atom. The summed E-state index contributed by atoms with van der Waals surface area (Å²) in [5, 5.41) is 0. The zero-order valence-corrected chi connectivity index (χ0v) is 14.5. The number of carbonyl (C=O) groups is 2. The number of rotatable bonds is 6. The Labute approximate surface area is 141 Å². The van der Waals surface area contributed by atoms with Crippen LogP contribution in [-0.2, 0) is 9.59 Å². The Morgan fingerprint density at radius 3 is 2.13 bits per heavy atom. The summed E-state index contributed by atoms with van der Waals surface area (Å²) in [7, 11) is 0. The minimum Gasteiger partial charge on any atom is -0.299 e. The van der Waals surface area contributed by atoms with Crippen LogP contribution < -0.4 is 0 Å². The molecule has 2 nitrogen and oxygen atoms in total. The smallest absolute Gasteiger partial charge is 0.161 e. The zero-order chi connectivity index (χ0) is 16.2. The Hall–Kier alpha value is -0.920. The quantitative estimate of drug-likeness (QED) is 0.627. The van der Waals surface area contributed by atoms with E-state index >= 15 is 0 Å². The lowest BCUT2D eigenvalue weighted by molar-refractivity contribution is -0.125. The number of hydrogen-bond donors (Lipinski definition) is 0. The molecule has 0 aromatic rings. The Bertz CT molecular complexity index is 458. The monoisotopic (exact) mass is 316 g/mol. The second-order valence-corrected chi connectivity index (χ2v) is 8.23. The molecule has 3 rings (SSSR count). The molecule has 0 radical (unpaired) electrons. The third kappa shape index (κ3) is 4.14. The molecule has 0 bridgehead atoms. The van der Waals surface area contributed by atoms with E-state index in [-0.39, 0.29) is 17.6 Å². The molecule has 3 fully saturated rings. The van der Waals surface area contributed by atoms with E-state index in [1.54, 1.807) is 0 Å². The maximum Gasteiger partial charge on any atom is 0.161 e. The second-order valence-electron chi connectivity index (χ2n) is 8.23. The minimum atomic E-state index is 0.204. The van der Waals surface area contributed by atoms with Gasteiger partial charge in [0.2, 0.25) is 0 Å². The van der Waals surface area contributed by atoms with E-state index in [1.165, 1.54) is 44.9 Å².